The molecule has 0 bridgehead atoms. The highest BCUT2D eigenvalue weighted by atomic mass is 16.5. The number of para-hydroxylation sites is 2. The lowest BCUT2D eigenvalue weighted by Crippen LogP contribution is -2.36. The SMILES string of the molecule is C=CCN1CCc2c(c(CN(CCOC)C(=O)Cc3ccccc3)nn2-c2ccccc2OC)C1. The molecule has 35 heavy (non-hydrogen) atoms. The first kappa shape index (κ1) is 24.7. The zero-order valence-electron chi connectivity index (χ0n) is 20.7. The first-order chi connectivity index (χ1) is 17.1. The van der Waals surface area contributed by atoms with Crippen molar-refractivity contribution in [2.75, 3.05) is 40.5 Å². The fourth-order valence-corrected chi connectivity index (χ4v) is 4.57. The van der Waals surface area contributed by atoms with E-state index in [0.29, 0.717) is 26.1 Å². The summed E-state index contributed by atoms with van der Waals surface area (Å²) in [6.45, 7) is 7.84. The Hall–Kier alpha value is -3.42. The zero-order valence-corrected chi connectivity index (χ0v) is 20.7. The van der Waals surface area contributed by atoms with E-state index < -0.39 is 0 Å². The Labute approximate surface area is 207 Å². The van der Waals surface area contributed by atoms with Crippen LogP contribution in [-0.2, 0) is 35.5 Å². The standard InChI is InChI=1S/C28H34N4O3/c1-4-15-30-16-14-25-23(20-30)24(29-32(25)26-12-8-9-13-27(26)35-3)21-31(17-18-34-2)28(33)19-22-10-6-5-7-11-22/h4-13H,1,14-21H2,2-3H3. The average molecular weight is 475 g/mol. The van der Waals surface area contributed by atoms with Crippen molar-refractivity contribution in [3.8, 4) is 11.4 Å². The topological polar surface area (TPSA) is 59.8 Å². The molecular formula is C28H34N4O3. The summed E-state index contributed by atoms with van der Waals surface area (Å²) < 4.78 is 13.0. The fourth-order valence-electron chi connectivity index (χ4n) is 4.57. The number of benzene rings is 2. The fraction of sp³-hybridized carbons (Fsp3) is 0.357. The lowest BCUT2D eigenvalue weighted by molar-refractivity contribution is -0.131. The van der Waals surface area contributed by atoms with Crippen molar-refractivity contribution >= 4 is 5.91 Å². The van der Waals surface area contributed by atoms with E-state index in [9.17, 15) is 4.79 Å². The van der Waals surface area contributed by atoms with E-state index in [1.807, 2.05) is 70.3 Å². The van der Waals surface area contributed by atoms with Gasteiger partial charge in [0, 0.05) is 45.3 Å². The monoisotopic (exact) mass is 474 g/mol. The van der Waals surface area contributed by atoms with Gasteiger partial charge in [-0.1, -0.05) is 48.5 Å². The molecule has 0 aliphatic carbocycles. The highest BCUT2D eigenvalue weighted by Gasteiger charge is 2.28. The maximum Gasteiger partial charge on any atom is 0.227 e. The molecule has 3 aromatic rings. The summed E-state index contributed by atoms with van der Waals surface area (Å²) in [5, 5.41) is 5.05. The Balaban J connectivity index is 1.69. The molecule has 1 aromatic heterocycles. The Morgan fingerprint density at radius 1 is 1.14 bits per heavy atom. The van der Waals surface area contributed by atoms with Crippen LogP contribution in [-0.4, -0.2) is 65.9 Å². The molecule has 0 saturated heterocycles. The molecule has 7 heteroatoms. The second kappa shape index (κ2) is 11.8. The number of aromatic nitrogens is 2. The van der Waals surface area contributed by atoms with Crippen LogP contribution in [0.4, 0.5) is 0 Å². The quantitative estimate of drug-likeness (QED) is 0.397. The molecule has 0 N–H and O–H groups in total. The highest BCUT2D eigenvalue weighted by molar-refractivity contribution is 5.78. The number of hydrogen-bond donors (Lipinski definition) is 0. The van der Waals surface area contributed by atoms with Crippen LogP contribution in [0.25, 0.3) is 5.69 Å². The molecule has 0 fully saturated rings. The molecule has 7 nitrogen and oxygen atoms in total. The number of ether oxygens (including phenoxy) is 2. The van der Waals surface area contributed by atoms with Gasteiger partial charge in [0.25, 0.3) is 0 Å². The van der Waals surface area contributed by atoms with E-state index in [4.69, 9.17) is 14.6 Å². The smallest absolute Gasteiger partial charge is 0.227 e. The van der Waals surface area contributed by atoms with Gasteiger partial charge in [0.05, 0.1) is 38.1 Å². The molecular weight excluding hydrogens is 440 g/mol. The van der Waals surface area contributed by atoms with Gasteiger partial charge in [-0.2, -0.15) is 5.10 Å². The van der Waals surface area contributed by atoms with Gasteiger partial charge in [-0.3, -0.25) is 9.69 Å². The third-order valence-corrected chi connectivity index (χ3v) is 6.38. The van der Waals surface area contributed by atoms with Crippen LogP contribution in [0.5, 0.6) is 5.75 Å². The average Bonchev–Trinajstić information content (AvgIpc) is 3.24. The molecule has 0 unspecified atom stereocenters. The first-order valence-corrected chi connectivity index (χ1v) is 12.0. The second-order valence-electron chi connectivity index (χ2n) is 8.70. The second-order valence-corrected chi connectivity index (χ2v) is 8.70. The van der Waals surface area contributed by atoms with Crippen molar-refractivity contribution in [3.63, 3.8) is 0 Å². The Kier molecular flexibility index (Phi) is 8.34. The number of carbonyl (C=O) groups is 1. The minimum absolute atomic E-state index is 0.0626. The van der Waals surface area contributed by atoms with Gasteiger partial charge < -0.3 is 14.4 Å². The van der Waals surface area contributed by atoms with Gasteiger partial charge in [0.15, 0.2) is 0 Å². The van der Waals surface area contributed by atoms with Gasteiger partial charge in [-0.25, -0.2) is 4.68 Å². The third kappa shape index (κ3) is 5.81. The molecule has 0 spiro atoms. The van der Waals surface area contributed by atoms with Crippen molar-refractivity contribution in [2.24, 2.45) is 0 Å². The summed E-state index contributed by atoms with van der Waals surface area (Å²) in [6.07, 6.45) is 3.15. The molecule has 1 aliphatic rings. The van der Waals surface area contributed by atoms with Gasteiger partial charge in [0.2, 0.25) is 5.91 Å². The maximum atomic E-state index is 13.3. The zero-order chi connectivity index (χ0) is 24.6. The number of hydrogen-bond acceptors (Lipinski definition) is 5. The molecule has 2 heterocycles. The first-order valence-electron chi connectivity index (χ1n) is 12.0. The Morgan fingerprint density at radius 3 is 2.66 bits per heavy atom. The van der Waals surface area contributed by atoms with E-state index in [2.05, 4.69) is 11.5 Å². The number of nitrogens with zero attached hydrogens (tertiary/aromatic N) is 4. The molecule has 0 saturated carbocycles. The summed E-state index contributed by atoms with van der Waals surface area (Å²) in [6, 6.07) is 17.8. The van der Waals surface area contributed by atoms with E-state index >= 15 is 0 Å². The predicted octanol–water partition coefficient (Wildman–Crippen LogP) is 3.64. The van der Waals surface area contributed by atoms with Crippen LogP contribution in [0, 0.1) is 0 Å². The molecule has 0 radical (unpaired) electrons. The number of fused-ring (bicyclic) bond motifs is 1. The molecule has 2 aromatic carbocycles. The van der Waals surface area contributed by atoms with E-state index in [1.165, 1.54) is 11.3 Å². The number of carbonyl (C=O) groups excluding carboxylic acids is 1. The van der Waals surface area contributed by atoms with Crippen LogP contribution in [0.2, 0.25) is 0 Å². The van der Waals surface area contributed by atoms with E-state index in [0.717, 1.165) is 48.7 Å². The van der Waals surface area contributed by atoms with Crippen LogP contribution in [0.3, 0.4) is 0 Å². The summed E-state index contributed by atoms with van der Waals surface area (Å²) in [5.74, 6) is 0.835. The summed E-state index contributed by atoms with van der Waals surface area (Å²) in [5.41, 5.74) is 5.18. The van der Waals surface area contributed by atoms with Crippen molar-refractivity contribution < 1.29 is 14.3 Å². The van der Waals surface area contributed by atoms with Crippen molar-refractivity contribution in [1.29, 1.82) is 0 Å². The lowest BCUT2D eigenvalue weighted by Gasteiger charge is -2.27. The summed E-state index contributed by atoms with van der Waals surface area (Å²) in [4.78, 5) is 17.5. The summed E-state index contributed by atoms with van der Waals surface area (Å²) in [7, 11) is 3.33. The Morgan fingerprint density at radius 2 is 1.91 bits per heavy atom. The van der Waals surface area contributed by atoms with Gasteiger partial charge >= 0.3 is 0 Å². The number of amides is 1. The normalized spacial score (nSPS) is 13.3. The van der Waals surface area contributed by atoms with Crippen molar-refractivity contribution in [2.45, 2.75) is 25.9 Å². The number of rotatable bonds is 11. The Bertz CT molecular complexity index is 1140. The predicted molar refractivity (Wildman–Crippen MR) is 137 cm³/mol. The lowest BCUT2D eigenvalue weighted by atomic mass is 10.0. The minimum atomic E-state index is 0.0626. The van der Waals surface area contributed by atoms with Crippen LogP contribution < -0.4 is 4.74 Å². The molecule has 1 aliphatic heterocycles. The van der Waals surface area contributed by atoms with E-state index in [1.54, 1.807) is 14.2 Å². The van der Waals surface area contributed by atoms with Crippen LogP contribution >= 0.6 is 0 Å². The van der Waals surface area contributed by atoms with Gasteiger partial charge in [-0.15, -0.1) is 6.58 Å². The highest BCUT2D eigenvalue weighted by Crippen LogP contribution is 2.30. The van der Waals surface area contributed by atoms with Crippen molar-refractivity contribution in [1.82, 2.24) is 19.6 Å². The van der Waals surface area contributed by atoms with Crippen LogP contribution in [0.15, 0.2) is 67.3 Å². The number of methoxy groups -OCH3 is 2. The molecule has 1 amide bonds. The van der Waals surface area contributed by atoms with E-state index in [-0.39, 0.29) is 5.91 Å². The molecule has 4 rings (SSSR count). The van der Waals surface area contributed by atoms with Crippen molar-refractivity contribution in [3.05, 3.63) is 89.8 Å². The minimum Gasteiger partial charge on any atom is -0.494 e. The van der Waals surface area contributed by atoms with Gasteiger partial charge in [-0.05, 0) is 17.7 Å². The van der Waals surface area contributed by atoms with Gasteiger partial charge in [0.1, 0.15) is 11.4 Å². The largest absolute Gasteiger partial charge is 0.494 e. The maximum absolute atomic E-state index is 13.3. The molecule has 184 valence electrons. The summed E-state index contributed by atoms with van der Waals surface area (Å²) >= 11 is 0. The van der Waals surface area contributed by atoms with Crippen LogP contribution in [0.1, 0.15) is 22.5 Å². The molecule has 0 atom stereocenters. The third-order valence-electron chi connectivity index (χ3n) is 6.38.